The van der Waals surface area contributed by atoms with Crippen molar-refractivity contribution in [2.75, 3.05) is 108 Å². The summed E-state index contributed by atoms with van der Waals surface area (Å²) >= 11 is 1.18. The molecule has 1 aromatic carbocycles. The molecule has 0 saturated heterocycles. The second-order valence-corrected chi connectivity index (χ2v) is 16.2. The van der Waals surface area contributed by atoms with Crippen molar-refractivity contribution in [3.05, 3.63) is 89.5 Å². The van der Waals surface area contributed by atoms with Crippen LogP contribution in [0.15, 0.2) is 73.3 Å². The molecule has 0 aliphatic heterocycles. The Morgan fingerprint density at radius 1 is 0.718 bits per heavy atom. The van der Waals surface area contributed by atoms with Gasteiger partial charge in [0.15, 0.2) is 28.4 Å². The quantitative estimate of drug-likeness (QED) is 0.0223. The van der Waals surface area contributed by atoms with Crippen molar-refractivity contribution in [2.24, 2.45) is 0 Å². The Kier molecular flexibility index (Phi) is 21.3. The fourth-order valence-corrected chi connectivity index (χ4v) is 7.29. The smallest absolute Gasteiger partial charge is 0.263 e. The lowest BCUT2D eigenvalue weighted by Crippen LogP contribution is -2.44. The first-order valence-corrected chi connectivity index (χ1v) is 23.3. The summed E-state index contributed by atoms with van der Waals surface area (Å²) in [5, 5.41) is 31.5. The topological polar surface area (TPSA) is 344 Å². The molecular formula is C45H57N15O10S. The van der Waals surface area contributed by atoms with Crippen LogP contribution < -0.4 is 37.6 Å². The lowest BCUT2D eigenvalue weighted by molar-refractivity contribution is -0.122. The lowest BCUT2D eigenvalue weighted by atomic mass is 10.1. The molecule has 6 rings (SSSR count). The molecule has 0 aliphatic carbocycles. The Labute approximate surface area is 412 Å². The first-order valence-electron chi connectivity index (χ1n) is 22.5. The summed E-state index contributed by atoms with van der Waals surface area (Å²) in [6, 6.07) is 12.7. The number of aliphatic hydroxyl groups is 2. The summed E-state index contributed by atoms with van der Waals surface area (Å²) < 4.78 is 27.7. The predicted octanol–water partition coefficient (Wildman–Crippen LogP) is 1.09. The number of ether oxygens (including phenoxy) is 5. The van der Waals surface area contributed by atoms with E-state index in [0.29, 0.717) is 110 Å². The van der Waals surface area contributed by atoms with Gasteiger partial charge in [-0.15, -0.1) is 0 Å². The third-order valence-corrected chi connectivity index (χ3v) is 10.9. The van der Waals surface area contributed by atoms with E-state index in [1.165, 1.54) is 11.3 Å². The van der Waals surface area contributed by atoms with Crippen molar-refractivity contribution >= 4 is 68.8 Å². The lowest BCUT2D eigenvalue weighted by Gasteiger charge is -2.21. The van der Waals surface area contributed by atoms with Crippen molar-refractivity contribution in [3.63, 3.8) is 0 Å². The molecule has 0 fully saturated rings. The molecule has 0 radical (unpaired) electrons. The fraction of sp³-hybridized carbons (Fsp3) is 0.400. The predicted molar refractivity (Wildman–Crippen MR) is 261 cm³/mol. The minimum Gasteiger partial charge on any atom is -0.382 e. The van der Waals surface area contributed by atoms with Gasteiger partial charge >= 0.3 is 0 Å². The van der Waals surface area contributed by atoms with Crippen molar-refractivity contribution in [2.45, 2.75) is 31.7 Å². The van der Waals surface area contributed by atoms with Crippen LogP contribution in [0.5, 0.6) is 0 Å². The Balaban J connectivity index is 0.730. The zero-order chi connectivity index (χ0) is 50.2. The van der Waals surface area contributed by atoms with Crippen molar-refractivity contribution < 1.29 is 48.3 Å². The van der Waals surface area contributed by atoms with Crippen LogP contribution in [0.2, 0.25) is 0 Å². The Morgan fingerprint density at radius 2 is 1.35 bits per heavy atom. The second-order valence-electron chi connectivity index (χ2n) is 15.2. The number of nitrogens with one attached hydrogen (secondary N) is 4. The average molecular weight is 1000 g/mol. The number of nitrogen functional groups attached to an aromatic ring is 2. The third-order valence-electron chi connectivity index (χ3n) is 9.94. The molecule has 1 atom stereocenters. The standard InChI is InChI=1S/C45H57N15O10S/c1-60(28-30-27-53-39-36(54-30)38(46)57-43(47)58-39)31-8-6-29(7-9-31)40(62)55-33(42(64)65)10-11-34(61)49-15-17-66-19-21-68-23-25-70-26-24-69-22-20-67-18-16-50-41(63)37-35(32-5-2-3-12-48-32)56-45(71-37)59-44-51-13-4-14-52-44/h2-9,12-14,27,33,42,64-65H,10-11,15-26,28H2,1H3,(H,49,61)(H,50,63)(H,55,62)(H,51,52,56,59)(H4,46,47,53,57,58). The highest BCUT2D eigenvalue weighted by Gasteiger charge is 2.23. The maximum atomic E-state index is 13.1. The minimum absolute atomic E-state index is 0.00967. The Bertz CT molecular complexity index is 2580. The number of pyridine rings is 1. The number of anilines is 5. The molecule has 26 heteroatoms. The Hall–Kier alpha value is -7.17. The van der Waals surface area contributed by atoms with E-state index < -0.39 is 18.2 Å². The van der Waals surface area contributed by atoms with Crippen molar-refractivity contribution in [1.29, 1.82) is 0 Å². The highest BCUT2D eigenvalue weighted by Crippen LogP contribution is 2.31. The van der Waals surface area contributed by atoms with Gasteiger partial charge in [-0.25, -0.2) is 24.9 Å². The van der Waals surface area contributed by atoms with Gasteiger partial charge in [0.05, 0.1) is 96.2 Å². The monoisotopic (exact) mass is 999 g/mol. The van der Waals surface area contributed by atoms with Crippen LogP contribution >= 0.6 is 11.3 Å². The molecule has 378 valence electrons. The van der Waals surface area contributed by atoms with Gasteiger partial charge in [-0.3, -0.25) is 19.4 Å². The molecule has 71 heavy (non-hydrogen) atoms. The van der Waals surface area contributed by atoms with Gasteiger partial charge in [0.25, 0.3) is 11.8 Å². The summed E-state index contributed by atoms with van der Waals surface area (Å²) in [6.45, 7) is 4.27. The number of aromatic nitrogens is 8. The van der Waals surface area contributed by atoms with E-state index in [9.17, 15) is 24.6 Å². The normalized spacial score (nSPS) is 11.7. The first-order chi connectivity index (χ1) is 34.5. The van der Waals surface area contributed by atoms with Crippen LogP contribution in [0, 0.1) is 0 Å². The van der Waals surface area contributed by atoms with E-state index in [-0.39, 0.29) is 61.7 Å². The van der Waals surface area contributed by atoms with Gasteiger partial charge in [-0.1, -0.05) is 17.4 Å². The number of amides is 3. The second kappa shape index (κ2) is 28.5. The van der Waals surface area contributed by atoms with Crippen LogP contribution in [0.4, 0.5) is 28.5 Å². The molecule has 5 heterocycles. The van der Waals surface area contributed by atoms with Crippen LogP contribution in [0.3, 0.4) is 0 Å². The van der Waals surface area contributed by atoms with Crippen molar-refractivity contribution in [3.8, 4) is 11.4 Å². The van der Waals surface area contributed by atoms with Crippen LogP contribution in [-0.2, 0) is 35.0 Å². The molecule has 10 N–H and O–H groups in total. The van der Waals surface area contributed by atoms with Crippen LogP contribution in [0.25, 0.3) is 22.6 Å². The number of aliphatic hydroxyl groups excluding tert-OH is 1. The number of nitrogens with two attached hydrogens (primary N) is 2. The van der Waals surface area contributed by atoms with Gasteiger partial charge < -0.3 is 71.5 Å². The summed E-state index contributed by atoms with van der Waals surface area (Å²) in [5.41, 5.74) is 14.9. The molecular weight excluding hydrogens is 943 g/mol. The van der Waals surface area contributed by atoms with Gasteiger partial charge in [-0.2, -0.15) is 9.97 Å². The van der Waals surface area contributed by atoms with E-state index >= 15 is 0 Å². The molecule has 5 aromatic heterocycles. The number of thiazole rings is 1. The van der Waals surface area contributed by atoms with Crippen LogP contribution in [-0.4, -0.2) is 166 Å². The number of nitrogens with zero attached hydrogens (tertiary/aromatic N) is 9. The number of fused-ring (bicyclic) bond motifs is 1. The molecule has 1 unspecified atom stereocenters. The number of benzene rings is 1. The first kappa shape index (κ1) is 53.2. The Morgan fingerprint density at radius 3 is 1.99 bits per heavy atom. The highest BCUT2D eigenvalue weighted by atomic mass is 32.1. The summed E-state index contributed by atoms with van der Waals surface area (Å²) in [5.74, 6) is -0.669. The molecule has 0 spiro atoms. The number of carbonyl (C=O) groups is 3. The molecule has 0 saturated carbocycles. The average Bonchev–Trinajstić information content (AvgIpc) is 3.80. The highest BCUT2D eigenvalue weighted by molar-refractivity contribution is 7.18. The summed E-state index contributed by atoms with van der Waals surface area (Å²) in [6.07, 6.45) is 4.46. The number of rotatable bonds is 31. The van der Waals surface area contributed by atoms with E-state index in [4.69, 9.17) is 35.2 Å². The zero-order valence-electron chi connectivity index (χ0n) is 38.9. The number of hydrogen-bond donors (Lipinski definition) is 8. The number of carbonyl (C=O) groups excluding carboxylic acids is 3. The van der Waals surface area contributed by atoms with E-state index in [2.05, 4.69) is 61.1 Å². The molecule has 25 nitrogen and oxygen atoms in total. The van der Waals surface area contributed by atoms with Gasteiger partial charge in [-0.05, 0) is 48.9 Å². The van der Waals surface area contributed by atoms with E-state index in [1.807, 2.05) is 18.0 Å². The maximum Gasteiger partial charge on any atom is 0.263 e. The van der Waals surface area contributed by atoms with E-state index in [0.717, 1.165) is 5.69 Å². The molecule has 3 amide bonds. The zero-order valence-corrected chi connectivity index (χ0v) is 39.8. The van der Waals surface area contributed by atoms with Gasteiger partial charge in [0.2, 0.25) is 17.8 Å². The third kappa shape index (κ3) is 17.6. The molecule has 0 bridgehead atoms. The molecule has 6 aromatic rings. The summed E-state index contributed by atoms with van der Waals surface area (Å²) in [4.78, 5) is 74.7. The van der Waals surface area contributed by atoms with Crippen molar-refractivity contribution in [1.82, 2.24) is 55.8 Å². The number of hydrogen-bond acceptors (Lipinski definition) is 23. The minimum atomic E-state index is -1.88. The van der Waals surface area contributed by atoms with Crippen LogP contribution in [0.1, 0.15) is 38.6 Å². The summed E-state index contributed by atoms with van der Waals surface area (Å²) in [7, 11) is 1.84. The maximum absolute atomic E-state index is 13.1. The van der Waals surface area contributed by atoms with Gasteiger partial charge in [0, 0.05) is 56.4 Å². The molecule has 0 aliphatic rings. The SMILES string of the molecule is CN(Cc1cnc2nc(N)nc(N)c2n1)c1ccc(C(=O)NC(CCC(=O)NCCOCCOCCOCCOCCOCCNC(=O)c2sc(Nc3ncccn3)nc2-c2ccccn2)C(O)O)cc1. The van der Waals surface area contributed by atoms with E-state index in [1.54, 1.807) is 67.3 Å². The largest absolute Gasteiger partial charge is 0.382 e. The fourth-order valence-electron chi connectivity index (χ4n) is 6.41. The van der Waals surface area contributed by atoms with Gasteiger partial charge in [0.1, 0.15) is 10.6 Å².